The Morgan fingerprint density at radius 1 is 1.00 bits per heavy atom. The monoisotopic (exact) mass is 405 g/mol. The highest BCUT2D eigenvalue weighted by Gasteiger charge is 2.24. The molecule has 3 N–H and O–H groups in total. The van der Waals surface area contributed by atoms with Crippen LogP contribution in [0.15, 0.2) is 77.7 Å². The van der Waals surface area contributed by atoms with Crippen LogP contribution in [-0.4, -0.2) is 22.4 Å². The number of aromatic nitrogens is 1. The van der Waals surface area contributed by atoms with Gasteiger partial charge in [-0.3, -0.25) is 14.4 Å². The number of rotatable bonds is 8. The molecule has 3 rings (SSSR count). The lowest BCUT2D eigenvalue weighted by Gasteiger charge is -2.19. The summed E-state index contributed by atoms with van der Waals surface area (Å²) in [5.41, 5.74) is 6.81. The van der Waals surface area contributed by atoms with Gasteiger partial charge in [-0.05, 0) is 11.1 Å². The topological polar surface area (TPSA) is 103 Å². The molecular weight excluding hydrogens is 382 g/mol. The summed E-state index contributed by atoms with van der Waals surface area (Å²) in [6.07, 6.45) is 1.71. The maximum atomic E-state index is 13.0. The summed E-state index contributed by atoms with van der Waals surface area (Å²) < 4.78 is 7.19. The zero-order valence-corrected chi connectivity index (χ0v) is 16.6. The maximum Gasteiger partial charge on any atom is 0.272 e. The third-order valence-corrected chi connectivity index (χ3v) is 4.61. The first-order valence-electron chi connectivity index (χ1n) is 9.46. The van der Waals surface area contributed by atoms with Crippen LogP contribution in [0, 0.1) is 0 Å². The normalized spacial score (nSPS) is 11.5. The van der Waals surface area contributed by atoms with Crippen LogP contribution < -0.4 is 21.2 Å². The molecule has 0 radical (unpaired) electrons. The Morgan fingerprint density at radius 2 is 1.60 bits per heavy atom. The van der Waals surface area contributed by atoms with E-state index in [1.54, 1.807) is 7.05 Å². The highest BCUT2D eigenvalue weighted by atomic mass is 16.5. The van der Waals surface area contributed by atoms with Crippen molar-refractivity contribution in [3.8, 4) is 5.75 Å². The number of amides is 2. The number of ether oxygens (including phenoxy) is 1. The van der Waals surface area contributed by atoms with Crippen molar-refractivity contribution in [3.05, 3.63) is 100.0 Å². The Bertz CT molecular complexity index is 1080. The van der Waals surface area contributed by atoms with Crippen LogP contribution in [0.1, 0.15) is 21.6 Å². The van der Waals surface area contributed by atoms with Crippen molar-refractivity contribution >= 4 is 11.8 Å². The number of pyridine rings is 1. The van der Waals surface area contributed by atoms with E-state index in [1.807, 2.05) is 60.7 Å². The Hall–Kier alpha value is -3.87. The van der Waals surface area contributed by atoms with Gasteiger partial charge in [-0.2, -0.15) is 0 Å². The number of benzene rings is 2. The van der Waals surface area contributed by atoms with Gasteiger partial charge in [0.25, 0.3) is 5.91 Å². The fourth-order valence-corrected chi connectivity index (χ4v) is 3.04. The predicted molar refractivity (Wildman–Crippen MR) is 113 cm³/mol. The Balaban J connectivity index is 1.84. The van der Waals surface area contributed by atoms with E-state index < -0.39 is 23.3 Å². The van der Waals surface area contributed by atoms with Crippen molar-refractivity contribution in [2.24, 2.45) is 12.8 Å². The molecule has 0 spiro atoms. The molecule has 7 nitrogen and oxygen atoms in total. The van der Waals surface area contributed by atoms with Crippen molar-refractivity contribution in [3.63, 3.8) is 0 Å². The molecular formula is C23H23N3O4. The summed E-state index contributed by atoms with van der Waals surface area (Å²) in [5, 5.41) is 2.63. The minimum Gasteiger partial charge on any atom is -0.483 e. The SMILES string of the molecule is Cn1ccc(=O)c(OCc2ccccc2)c1C(=O)N[C@@H](Cc1ccccc1)C(N)=O. The van der Waals surface area contributed by atoms with Crippen LogP contribution in [0.25, 0.3) is 0 Å². The van der Waals surface area contributed by atoms with Gasteiger partial charge < -0.3 is 20.4 Å². The molecule has 0 saturated carbocycles. The van der Waals surface area contributed by atoms with E-state index in [1.165, 1.54) is 16.8 Å². The molecule has 0 aliphatic rings. The lowest BCUT2D eigenvalue weighted by Crippen LogP contribution is -2.46. The van der Waals surface area contributed by atoms with Crippen LogP contribution in [0.3, 0.4) is 0 Å². The Morgan fingerprint density at radius 3 is 2.20 bits per heavy atom. The van der Waals surface area contributed by atoms with Gasteiger partial charge in [0.1, 0.15) is 12.6 Å². The first kappa shape index (κ1) is 20.9. The lowest BCUT2D eigenvalue weighted by molar-refractivity contribution is -0.119. The molecule has 0 fully saturated rings. The number of hydrogen-bond donors (Lipinski definition) is 2. The molecule has 154 valence electrons. The fourth-order valence-electron chi connectivity index (χ4n) is 3.04. The Kier molecular flexibility index (Phi) is 6.64. The van der Waals surface area contributed by atoms with Gasteiger partial charge in [-0.25, -0.2) is 0 Å². The van der Waals surface area contributed by atoms with Crippen LogP contribution in [0.5, 0.6) is 5.75 Å². The van der Waals surface area contributed by atoms with Crippen LogP contribution in [0.4, 0.5) is 0 Å². The molecule has 2 amide bonds. The number of primary amides is 1. The summed E-state index contributed by atoms with van der Waals surface area (Å²) in [5.74, 6) is -1.36. The van der Waals surface area contributed by atoms with Gasteiger partial charge in [0.2, 0.25) is 11.3 Å². The molecule has 30 heavy (non-hydrogen) atoms. The van der Waals surface area contributed by atoms with E-state index >= 15 is 0 Å². The molecule has 0 saturated heterocycles. The van der Waals surface area contributed by atoms with E-state index in [2.05, 4.69) is 5.32 Å². The van der Waals surface area contributed by atoms with Crippen molar-refractivity contribution < 1.29 is 14.3 Å². The van der Waals surface area contributed by atoms with Crippen molar-refractivity contribution in [1.82, 2.24) is 9.88 Å². The minimum atomic E-state index is -0.933. The van der Waals surface area contributed by atoms with Crippen LogP contribution in [0.2, 0.25) is 0 Å². The molecule has 0 aliphatic heterocycles. The highest BCUT2D eigenvalue weighted by molar-refractivity contribution is 5.98. The minimum absolute atomic E-state index is 0.0257. The average molecular weight is 405 g/mol. The second kappa shape index (κ2) is 9.56. The van der Waals surface area contributed by atoms with Gasteiger partial charge in [0, 0.05) is 25.7 Å². The molecule has 1 heterocycles. The molecule has 3 aromatic rings. The van der Waals surface area contributed by atoms with Gasteiger partial charge >= 0.3 is 0 Å². The maximum absolute atomic E-state index is 13.0. The number of nitrogens with one attached hydrogen (secondary N) is 1. The highest BCUT2D eigenvalue weighted by Crippen LogP contribution is 2.15. The molecule has 0 bridgehead atoms. The van der Waals surface area contributed by atoms with Crippen molar-refractivity contribution in [2.45, 2.75) is 19.1 Å². The molecule has 1 atom stereocenters. The van der Waals surface area contributed by atoms with Gasteiger partial charge in [0.15, 0.2) is 11.4 Å². The number of nitrogens with zero attached hydrogens (tertiary/aromatic N) is 1. The summed E-state index contributed by atoms with van der Waals surface area (Å²) in [7, 11) is 1.63. The molecule has 0 unspecified atom stereocenters. The zero-order valence-electron chi connectivity index (χ0n) is 16.6. The summed E-state index contributed by atoms with van der Waals surface area (Å²) in [6.45, 7) is 0.129. The van der Waals surface area contributed by atoms with Gasteiger partial charge in [-0.1, -0.05) is 60.7 Å². The van der Waals surface area contributed by atoms with E-state index in [9.17, 15) is 14.4 Å². The number of nitrogens with two attached hydrogens (primary N) is 1. The third kappa shape index (κ3) is 5.14. The van der Waals surface area contributed by atoms with E-state index in [-0.39, 0.29) is 24.5 Å². The van der Waals surface area contributed by atoms with Crippen molar-refractivity contribution in [1.29, 1.82) is 0 Å². The van der Waals surface area contributed by atoms with E-state index in [4.69, 9.17) is 10.5 Å². The van der Waals surface area contributed by atoms with Crippen molar-refractivity contribution in [2.75, 3.05) is 0 Å². The Labute approximate surface area is 174 Å². The number of aryl methyl sites for hydroxylation is 1. The standard InChI is InChI=1S/C23H23N3O4/c1-26-13-12-19(27)21(30-15-17-10-6-3-7-11-17)20(26)23(29)25-18(22(24)28)14-16-8-4-2-5-9-16/h2-13,18H,14-15H2,1H3,(H2,24,28)(H,25,29)/t18-/m0/s1. The first-order chi connectivity index (χ1) is 14.5. The lowest BCUT2D eigenvalue weighted by atomic mass is 10.1. The largest absolute Gasteiger partial charge is 0.483 e. The smallest absolute Gasteiger partial charge is 0.272 e. The van der Waals surface area contributed by atoms with Gasteiger partial charge in [-0.15, -0.1) is 0 Å². The molecule has 0 aliphatic carbocycles. The number of carbonyl (C=O) groups is 2. The molecule has 2 aromatic carbocycles. The fraction of sp³-hybridized carbons (Fsp3) is 0.174. The van der Waals surface area contributed by atoms with E-state index in [0.717, 1.165) is 11.1 Å². The zero-order chi connectivity index (χ0) is 21.5. The first-order valence-corrected chi connectivity index (χ1v) is 9.46. The average Bonchev–Trinajstić information content (AvgIpc) is 2.75. The van der Waals surface area contributed by atoms with E-state index in [0.29, 0.717) is 0 Å². The third-order valence-electron chi connectivity index (χ3n) is 4.61. The quantitative estimate of drug-likeness (QED) is 0.596. The van der Waals surface area contributed by atoms with Gasteiger partial charge in [0.05, 0.1) is 0 Å². The molecule has 7 heteroatoms. The van der Waals surface area contributed by atoms with Crippen LogP contribution >= 0.6 is 0 Å². The second-order valence-corrected chi connectivity index (χ2v) is 6.86. The number of hydrogen-bond acceptors (Lipinski definition) is 4. The summed E-state index contributed by atoms with van der Waals surface area (Å²) >= 11 is 0. The summed E-state index contributed by atoms with van der Waals surface area (Å²) in [4.78, 5) is 37.3. The molecule has 1 aromatic heterocycles. The predicted octanol–water partition coefficient (Wildman–Crippen LogP) is 1.79. The number of carbonyl (C=O) groups excluding carboxylic acids is 2. The summed E-state index contributed by atoms with van der Waals surface area (Å²) in [6, 6.07) is 18.9. The van der Waals surface area contributed by atoms with Crippen LogP contribution in [-0.2, 0) is 24.9 Å². The second-order valence-electron chi connectivity index (χ2n) is 6.86.